The normalized spacial score (nSPS) is 18.8. The van der Waals surface area contributed by atoms with E-state index in [-0.39, 0.29) is 11.9 Å². The van der Waals surface area contributed by atoms with E-state index in [2.05, 4.69) is 0 Å². The molecule has 2 unspecified atom stereocenters. The second-order valence-electron chi connectivity index (χ2n) is 5.96. The molecular formula is C17H26N2O2S. The van der Waals surface area contributed by atoms with Gasteiger partial charge in [0.15, 0.2) is 6.10 Å². The highest BCUT2D eigenvalue weighted by molar-refractivity contribution is 7.98. The summed E-state index contributed by atoms with van der Waals surface area (Å²) in [7, 11) is 0. The summed E-state index contributed by atoms with van der Waals surface area (Å²) in [5, 5.41) is 0. The van der Waals surface area contributed by atoms with Gasteiger partial charge in [-0.3, -0.25) is 4.79 Å². The maximum Gasteiger partial charge on any atom is 0.263 e. The minimum Gasteiger partial charge on any atom is -0.481 e. The van der Waals surface area contributed by atoms with Crippen molar-refractivity contribution in [2.45, 2.75) is 43.7 Å². The minimum absolute atomic E-state index is 0.0667. The molecule has 122 valence electrons. The Morgan fingerprint density at radius 2 is 1.86 bits per heavy atom. The van der Waals surface area contributed by atoms with Crippen LogP contribution in [0.15, 0.2) is 29.2 Å². The standard InChI is InChI=1S/C17H26N2O2S/c1-12(18)14-8-10-19(11-9-14)17(20)13(2)21-15-4-6-16(22-3)7-5-15/h4-7,12-14H,8-11,18H2,1-3H3. The lowest BCUT2D eigenvalue weighted by atomic mass is 9.91. The highest BCUT2D eigenvalue weighted by Gasteiger charge is 2.28. The molecule has 1 heterocycles. The predicted molar refractivity (Wildman–Crippen MR) is 91.3 cm³/mol. The van der Waals surface area contributed by atoms with Gasteiger partial charge in [0.05, 0.1) is 0 Å². The summed E-state index contributed by atoms with van der Waals surface area (Å²) in [5.41, 5.74) is 5.94. The molecule has 0 aromatic heterocycles. The Morgan fingerprint density at radius 1 is 1.27 bits per heavy atom. The molecule has 2 N–H and O–H groups in total. The van der Waals surface area contributed by atoms with Gasteiger partial charge in [-0.15, -0.1) is 11.8 Å². The quantitative estimate of drug-likeness (QED) is 0.847. The fourth-order valence-electron chi connectivity index (χ4n) is 2.81. The molecule has 5 heteroatoms. The summed E-state index contributed by atoms with van der Waals surface area (Å²) >= 11 is 1.69. The number of ether oxygens (including phenoxy) is 1. The summed E-state index contributed by atoms with van der Waals surface area (Å²) in [6, 6.07) is 8.05. The smallest absolute Gasteiger partial charge is 0.263 e. The van der Waals surface area contributed by atoms with Crippen LogP contribution in [0.1, 0.15) is 26.7 Å². The highest BCUT2D eigenvalue weighted by Crippen LogP contribution is 2.22. The largest absolute Gasteiger partial charge is 0.481 e. The first-order valence-electron chi connectivity index (χ1n) is 7.86. The van der Waals surface area contributed by atoms with Crippen LogP contribution in [0.25, 0.3) is 0 Å². The van der Waals surface area contributed by atoms with E-state index in [9.17, 15) is 4.79 Å². The SMILES string of the molecule is CSc1ccc(OC(C)C(=O)N2CCC(C(C)N)CC2)cc1. The number of thioether (sulfide) groups is 1. The van der Waals surface area contributed by atoms with Crippen LogP contribution in [0, 0.1) is 5.92 Å². The molecule has 4 nitrogen and oxygen atoms in total. The Bertz CT molecular complexity index is 482. The van der Waals surface area contributed by atoms with Crippen molar-refractivity contribution in [1.29, 1.82) is 0 Å². The zero-order valence-electron chi connectivity index (χ0n) is 13.6. The van der Waals surface area contributed by atoms with Gasteiger partial charge in [-0.2, -0.15) is 0 Å². The molecule has 1 aliphatic heterocycles. The van der Waals surface area contributed by atoms with Crippen molar-refractivity contribution in [1.82, 2.24) is 4.90 Å². The lowest BCUT2D eigenvalue weighted by Gasteiger charge is -2.35. The van der Waals surface area contributed by atoms with Gasteiger partial charge < -0.3 is 15.4 Å². The number of carbonyl (C=O) groups excluding carboxylic acids is 1. The van der Waals surface area contributed by atoms with Crippen LogP contribution in [0.5, 0.6) is 5.75 Å². The minimum atomic E-state index is -0.452. The molecule has 1 fully saturated rings. The van der Waals surface area contributed by atoms with E-state index in [0.29, 0.717) is 5.92 Å². The maximum absolute atomic E-state index is 12.5. The number of amides is 1. The second kappa shape index (κ2) is 7.88. The summed E-state index contributed by atoms with van der Waals surface area (Å²) < 4.78 is 5.78. The second-order valence-corrected chi connectivity index (χ2v) is 6.84. The average molecular weight is 322 g/mol. The number of hydrogen-bond acceptors (Lipinski definition) is 4. The summed E-state index contributed by atoms with van der Waals surface area (Å²) in [6.45, 7) is 5.43. The molecule has 0 aliphatic carbocycles. The highest BCUT2D eigenvalue weighted by atomic mass is 32.2. The first-order valence-corrected chi connectivity index (χ1v) is 9.09. The zero-order valence-corrected chi connectivity index (χ0v) is 14.4. The summed E-state index contributed by atoms with van der Waals surface area (Å²) in [4.78, 5) is 15.6. The van der Waals surface area contributed by atoms with Gasteiger partial charge in [0.2, 0.25) is 0 Å². The predicted octanol–water partition coefficient (Wildman–Crippen LogP) is 2.76. The van der Waals surface area contributed by atoms with Crippen molar-refractivity contribution in [2.75, 3.05) is 19.3 Å². The Balaban J connectivity index is 1.86. The molecule has 1 saturated heterocycles. The van der Waals surface area contributed by atoms with Crippen LogP contribution >= 0.6 is 11.8 Å². The molecule has 1 aromatic rings. The van der Waals surface area contributed by atoms with Crippen molar-refractivity contribution in [3.05, 3.63) is 24.3 Å². The first-order chi connectivity index (χ1) is 10.5. The lowest BCUT2D eigenvalue weighted by Crippen LogP contribution is -2.46. The van der Waals surface area contributed by atoms with Crippen LogP contribution in [0.4, 0.5) is 0 Å². The van der Waals surface area contributed by atoms with Crippen LogP contribution in [-0.2, 0) is 4.79 Å². The van der Waals surface area contributed by atoms with Crippen LogP contribution in [0.2, 0.25) is 0 Å². The molecule has 0 radical (unpaired) electrons. The third kappa shape index (κ3) is 4.40. The molecule has 0 spiro atoms. The molecule has 2 rings (SSSR count). The van der Waals surface area contributed by atoms with E-state index in [1.54, 1.807) is 11.8 Å². The molecule has 1 amide bonds. The molecule has 0 saturated carbocycles. The van der Waals surface area contributed by atoms with E-state index < -0.39 is 6.10 Å². The number of likely N-dealkylation sites (tertiary alicyclic amines) is 1. The van der Waals surface area contributed by atoms with Gasteiger partial charge in [-0.1, -0.05) is 0 Å². The van der Waals surface area contributed by atoms with Gasteiger partial charge in [0.25, 0.3) is 5.91 Å². The Kier molecular flexibility index (Phi) is 6.15. The van der Waals surface area contributed by atoms with E-state index >= 15 is 0 Å². The molecule has 1 aromatic carbocycles. The van der Waals surface area contributed by atoms with Gasteiger partial charge in [0.1, 0.15) is 5.75 Å². The fraction of sp³-hybridized carbons (Fsp3) is 0.588. The zero-order chi connectivity index (χ0) is 16.1. The molecule has 2 atom stereocenters. The van der Waals surface area contributed by atoms with E-state index in [1.807, 2.05) is 49.3 Å². The number of rotatable bonds is 5. The lowest BCUT2D eigenvalue weighted by molar-refractivity contribution is -0.139. The number of benzene rings is 1. The molecule has 1 aliphatic rings. The number of nitrogens with two attached hydrogens (primary N) is 1. The number of piperidine rings is 1. The van der Waals surface area contributed by atoms with Crippen LogP contribution in [-0.4, -0.2) is 42.3 Å². The van der Waals surface area contributed by atoms with Gasteiger partial charge in [-0.05, 0) is 63.1 Å². The van der Waals surface area contributed by atoms with Crippen molar-refractivity contribution < 1.29 is 9.53 Å². The fourth-order valence-corrected chi connectivity index (χ4v) is 3.22. The summed E-state index contributed by atoms with van der Waals surface area (Å²) in [5.74, 6) is 1.33. The topological polar surface area (TPSA) is 55.6 Å². The van der Waals surface area contributed by atoms with Crippen molar-refractivity contribution in [3.63, 3.8) is 0 Å². The average Bonchev–Trinajstić information content (AvgIpc) is 2.55. The first kappa shape index (κ1) is 17.2. The van der Waals surface area contributed by atoms with Crippen molar-refractivity contribution in [3.8, 4) is 5.75 Å². The van der Waals surface area contributed by atoms with E-state index in [4.69, 9.17) is 10.5 Å². The maximum atomic E-state index is 12.5. The van der Waals surface area contributed by atoms with Crippen LogP contribution < -0.4 is 10.5 Å². The van der Waals surface area contributed by atoms with E-state index in [0.717, 1.165) is 31.7 Å². The number of nitrogens with zero attached hydrogens (tertiary/aromatic N) is 1. The van der Waals surface area contributed by atoms with Crippen molar-refractivity contribution >= 4 is 17.7 Å². The molecular weight excluding hydrogens is 296 g/mol. The third-order valence-corrected chi connectivity index (χ3v) is 5.06. The van der Waals surface area contributed by atoms with E-state index in [1.165, 1.54) is 4.90 Å². The van der Waals surface area contributed by atoms with Gasteiger partial charge in [0, 0.05) is 24.0 Å². The monoisotopic (exact) mass is 322 g/mol. The Hall–Kier alpha value is -1.20. The Morgan fingerprint density at radius 3 is 2.36 bits per heavy atom. The van der Waals surface area contributed by atoms with Crippen LogP contribution in [0.3, 0.4) is 0 Å². The molecule has 0 bridgehead atoms. The molecule has 22 heavy (non-hydrogen) atoms. The van der Waals surface area contributed by atoms with Crippen molar-refractivity contribution in [2.24, 2.45) is 11.7 Å². The number of hydrogen-bond donors (Lipinski definition) is 1. The number of carbonyl (C=O) groups is 1. The summed E-state index contributed by atoms with van der Waals surface area (Å²) in [6.07, 6.45) is 3.55. The Labute approximate surface area is 137 Å². The third-order valence-electron chi connectivity index (χ3n) is 4.31. The van der Waals surface area contributed by atoms with Gasteiger partial charge >= 0.3 is 0 Å². The van der Waals surface area contributed by atoms with Gasteiger partial charge in [-0.25, -0.2) is 0 Å².